The number of allylic oxidation sites excluding steroid dienone is 3. The number of hydrogen-bond donors (Lipinski definition) is 2. The van der Waals surface area contributed by atoms with Crippen molar-refractivity contribution in [1.82, 2.24) is 20.4 Å². The highest BCUT2D eigenvalue weighted by Crippen LogP contribution is 2.14. The lowest BCUT2D eigenvalue weighted by molar-refractivity contribution is -0.140. The number of nitrogens with one attached hydrogen (secondary N) is 2. The van der Waals surface area contributed by atoms with Gasteiger partial charge in [-0.1, -0.05) is 23.3 Å². The Balaban J connectivity index is 1.96. The van der Waals surface area contributed by atoms with E-state index in [1.807, 2.05) is 17.2 Å². The Kier molecular flexibility index (Phi) is 10.8. The van der Waals surface area contributed by atoms with E-state index in [2.05, 4.69) is 42.5 Å². The number of hydrogen-bond acceptors (Lipinski definition) is 4. The van der Waals surface area contributed by atoms with Crippen molar-refractivity contribution in [2.24, 2.45) is 4.99 Å². The molecular weight excluding hydrogens is 404 g/mol. The number of amides is 2. The van der Waals surface area contributed by atoms with E-state index in [1.54, 1.807) is 4.90 Å². The minimum Gasteiger partial charge on any atom is -0.344 e. The van der Waals surface area contributed by atoms with Gasteiger partial charge in [0.25, 0.3) is 0 Å². The second-order valence-electron chi connectivity index (χ2n) is 8.84. The van der Waals surface area contributed by atoms with Crippen molar-refractivity contribution in [2.75, 3.05) is 32.7 Å². The van der Waals surface area contributed by atoms with Crippen LogP contribution < -0.4 is 10.6 Å². The zero-order valence-corrected chi connectivity index (χ0v) is 19.8. The summed E-state index contributed by atoms with van der Waals surface area (Å²) in [6.45, 7) is 8.96. The number of nitrogens with zero attached hydrogens (tertiary/aromatic N) is 4. The zero-order chi connectivity index (χ0) is 23.3. The van der Waals surface area contributed by atoms with Gasteiger partial charge in [0, 0.05) is 19.6 Å². The molecule has 2 N–H and O–H groups in total. The lowest BCUT2D eigenvalue weighted by Crippen LogP contribution is -2.52. The molecule has 2 heterocycles. The molecule has 0 aliphatic carbocycles. The molecule has 1 unspecified atom stereocenters. The van der Waals surface area contributed by atoms with Gasteiger partial charge in [-0.15, -0.1) is 0 Å². The largest absolute Gasteiger partial charge is 0.344 e. The quantitative estimate of drug-likeness (QED) is 0.198. The van der Waals surface area contributed by atoms with Crippen LogP contribution in [0.25, 0.3) is 0 Å². The topological polar surface area (TPSA) is 101 Å². The molecular formula is C24H38N6O2. The van der Waals surface area contributed by atoms with Crippen molar-refractivity contribution < 1.29 is 9.59 Å². The van der Waals surface area contributed by atoms with E-state index in [-0.39, 0.29) is 18.4 Å². The van der Waals surface area contributed by atoms with Gasteiger partial charge in [0.05, 0.1) is 13.1 Å². The van der Waals surface area contributed by atoms with Crippen molar-refractivity contribution in [3.8, 4) is 6.19 Å². The van der Waals surface area contributed by atoms with Crippen molar-refractivity contribution >= 4 is 17.8 Å². The fourth-order valence-electron chi connectivity index (χ4n) is 3.95. The van der Waals surface area contributed by atoms with Crippen LogP contribution in [0.2, 0.25) is 0 Å². The van der Waals surface area contributed by atoms with E-state index in [0.29, 0.717) is 25.5 Å². The predicted octanol–water partition coefficient (Wildman–Crippen LogP) is 2.70. The Hall–Kier alpha value is -2.82. The maximum Gasteiger partial charge on any atom is 0.245 e. The van der Waals surface area contributed by atoms with E-state index in [4.69, 9.17) is 5.26 Å². The van der Waals surface area contributed by atoms with Gasteiger partial charge in [-0.2, -0.15) is 5.26 Å². The van der Waals surface area contributed by atoms with Crippen LogP contribution in [0.4, 0.5) is 0 Å². The van der Waals surface area contributed by atoms with Crippen LogP contribution in [0.5, 0.6) is 0 Å². The second-order valence-corrected chi connectivity index (χ2v) is 8.84. The summed E-state index contributed by atoms with van der Waals surface area (Å²) in [6, 6.07) is -0.494. The highest BCUT2D eigenvalue weighted by molar-refractivity contribution is 5.92. The summed E-state index contributed by atoms with van der Waals surface area (Å²) in [5, 5.41) is 14.8. The van der Waals surface area contributed by atoms with Crippen LogP contribution in [-0.2, 0) is 9.59 Å². The van der Waals surface area contributed by atoms with Crippen molar-refractivity contribution in [1.29, 1.82) is 5.26 Å². The second kappa shape index (κ2) is 13.6. The molecule has 2 saturated heterocycles. The number of rotatable bonds is 8. The molecule has 0 aromatic rings. The molecule has 32 heavy (non-hydrogen) atoms. The molecule has 0 saturated carbocycles. The van der Waals surface area contributed by atoms with E-state index in [1.165, 1.54) is 11.1 Å². The summed E-state index contributed by atoms with van der Waals surface area (Å²) in [7, 11) is 0. The highest BCUT2D eigenvalue weighted by atomic mass is 16.2. The minimum absolute atomic E-state index is 0.0225. The molecule has 2 fully saturated rings. The van der Waals surface area contributed by atoms with Gasteiger partial charge in [0.1, 0.15) is 6.04 Å². The number of likely N-dealkylation sites (tertiary alicyclic amines) is 2. The van der Waals surface area contributed by atoms with Gasteiger partial charge < -0.3 is 15.1 Å². The third kappa shape index (κ3) is 8.74. The van der Waals surface area contributed by atoms with Gasteiger partial charge in [0.2, 0.25) is 17.8 Å². The SMILES string of the molecule is CC(C)=CCC/C(C)=C\CN=C(NC#N)NC1CCCCN(CC(=O)N2CCCC2)C1=O. The van der Waals surface area contributed by atoms with Crippen LogP contribution in [0.3, 0.4) is 0 Å². The van der Waals surface area contributed by atoms with Gasteiger partial charge in [-0.3, -0.25) is 14.9 Å². The Labute approximate surface area is 192 Å². The summed E-state index contributed by atoms with van der Waals surface area (Å²) in [6.07, 6.45) is 12.6. The first kappa shape index (κ1) is 25.4. The summed E-state index contributed by atoms with van der Waals surface area (Å²) in [5.74, 6) is 0.220. The molecule has 1 atom stereocenters. The van der Waals surface area contributed by atoms with Gasteiger partial charge in [0.15, 0.2) is 6.19 Å². The third-order valence-corrected chi connectivity index (χ3v) is 5.83. The van der Waals surface area contributed by atoms with Gasteiger partial charge in [-0.05, 0) is 65.7 Å². The van der Waals surface area contributed by atoms with Crippen molar-refractivity contribution in [3.63, 3.8) is 0 Å². The molecule has 2 amide bonds. The normalized spacial score (nSPS) is 19.9. The fraction of sp³-hybridized carbons (Fsp3) is 0.667. The summed E-state index contributed by atoms with van der Waals surface area (Å²) in [5.41, 5.74) is 2.55. The molecule has 2 aliphatic heterocycles. The molecule has 2 aliphatic rings. The molecule has 0 aromatic heterocycles. The van der Waals surface area contributed by atoms with Gasteiger partial charge in [-0.25, -0.2) is 4.99 Å². The number of aliphatic imine (C=N–C) groups is 1. The molecule has 0 aromatic carbocycles. The van der Waals surface area contributed by atoms with Crippen molar-refractivity contribution in [2.45, 2.75) is 71.8 Å². The van der Waals surface area contributed by atoms with E-state index >= 15 is 0 Å². The number of carbonyl (C=O) groups excluding carboxylic acids is 2. The van der Waals surface area contributed by atoms with Crippen LogP contribution in [0, 0.1) is 11.5 Å². The standard InChI is InChI=1S/C24H38N6O2/c1-19(2)9-8-10-20(3)12-13-26-24(27-18-25)28-21-11-4-5-16-30(23(21)32)17-22(31)29-14-6-7-15-29/h9,12,21H,4-8,10-11,13-17H2,1-3H3,(H2,26,27,28)/b20-12-. The average molecular weight is 443 g/mol. The van der Waals surface area contributed by atoms with Crippen LogP contribution in [-0.4, -0.2) is 66.3 Å². The molecule has 8 nitrogen and oxygen atoms in total. The highest BCUT2D eigenvalue weighted by Gasteiger charge is 2.30. The maximum absolute atomic E-state index is 13.1. The fourth-order valence-corrected chi connectivity index (χ4v) is 3.95. The van der Waals surface area contributed by atoms with Crippen LogP contribution in [0.15, 0.2) is 28.3 Å². The molecule has 0 spiro atoms. The minimum atomic E-state index is -0.494. The van der Waals surface area contributed by atoms with Crippen LogP contribution >= 0.6 is 0 Å². The first-order valence-corrected chi connectivity index (χ1v) is 11.7. The van der Waals surface area contributed by atoms with Crippen LogP contribution in [0.1, 0.15) is 65.7 Å². The Bertz CT molecular complexity index is 770. The lowest BCUT2D eigenvalue weighted by Gasteiger charge is -2.27. The number of nitriles is 1. The molecule has 0 radical (unpaired) electrons. The van der Waals surface area contributed by atoms with E-state index < -0.39 is 6.04 Å². The summed E-state index contributed by atoms with van der Waals surface area (Å²) >= 11 is 0. The smallest absolute Gasteiger partial charge is 0.245 e. The first-order valence-electron chi connectivity index (χ1n) is 11.7. The maximum atomic E-state index is 13.1. The average Bonchev–Trinajstić information content (AvgIpc) is 3.23. The van der Waals surface area contributed by atoms with Crippen molar-refractivity contribution in [3.05, 3.63) is 23.3 Å². The van der Waals surface area contributed by atoms with E-state index in [9.17, 15) is 9.59 Å². The Morgan fingerprint density at radius 3 is 2.56 bits per heavy atom. The molecule has 0 bridgehead atoms. The molecule has 176 valence electrons. The summed E-state index contributed by atoms with van der Waals surface area (Å²) in [4.78, 5) is 33.6. The zero-order valence-electron chi connectivity index (χ0n) is 19.8. The molecule has 2 rings (SSSR count). The van der Waals surface area contributed by atoms with Gasteiger partial charge >= 0.3 is 0 Å². The number of carbonyl (C=O) groups is 2. The Morgan fingerprint density at radius 1 is 1.16 bits per heavy atom. The number of guanidine groups is 1. The first-order chi connectivity index (χ1) is 15.4. The Morgan fingerprint density at radius 2 is 1.88 bits per heavy atom. The molecule has 8 heteroatoms. The summed E-state index contributed by atoms with van der Waals surface area (Å²) < 4.78 is 0. The monoisotopic (exact) mass is 442 g/mol. The van der Waals surface area contributed by atoms with E-state index in [0.717, 1.165) is 51.6 Å². The predicted molar refractivity (Wildman–Crippen MR) is 127 cm³/mol. The lowest BCUT2D eigenvalue weighted by atomic mass is 10.1. The third-order valence-electron chi connectivity index (χ3n) is 5.83.